The molecule has 2 aromatic rings. The summed E-state index contributed by atoms with van der Waals surface area (Å²) in [5.74, 6) is 0.897. The number of aromatic nitrogens is 4. The topological polar surface area (TPSA) is 74.8 Å². The molecule has 1 saturated heterocycles. The minimum absolute atomic E-state index is 0.142. The molecule has 2 fully saturated rings. The summed E-state index contributed by atoms with van der Waals surface area (Å²) in [6.07, 6.45) is 2.43. The van der Waals surface area contributed by atoms with E-state index in [9.17, 15) is 4.79 Å². The van der Waals surface area contributed by atoms with Crippen LogP contribution < -0.4 is 0 Å². The lowest BCUT2D eigenvalue weighted by Crippen LogP contribution is -2.58. The van der Waals surface area contributed by atoms with E-state index < -0.39 is 0 Å². The van der Waals surface area contributed by atoms with Gasteiger partial charge in [-0.2, -0.15) is 5.21 Å². The molecule has 1 amide bonds. The summed E-state index contributed by atoms with van der Waals surface area (Å²) >= 11 is 1.73. The molecule has 1 aliphatic carbocycles. The molecular weight excluding hydrogens is 298 g/mol. The van der Waals surface area contributed by atoms with Crippen molar-refractivity contribution in [3.05, 3.63) is 28.2 Å². The van der Waals surface area contributed by atoms with Crippen molar-refractivity contribution < 1.29 is 4.79 Å². The number of carbonyl (C=O) groups excluding carboxylic acids is 1. The largest absolute Gasteiger partial charge is 0.334 e. The number of nitrogens with zero attached hydrogens (tertiary/aromatic N) is 4. The van der Waals surface area contributed by atoms with Gasteiger partial charge in [-0.05, 0) is 24.3 Å². The van der Waals surface area contributed by atoms with E-state index >= 15 is 0 Å². The first-order chi connectivity index (χ1) is 10.5. The fourth-order valence-corrected chi connectivity index (χ4v) is 4.60. The SMILES string of the molecule is CC1(C)CN(C(=O)CC2(c3nn[nH]n3)CC2)C1c1cccs1. The molecule has 0 spiro atoms. The van der Waals surface area contributed by atoms with Gasteiger partial charge in [-0.25, -0.2) is 0 Å². The molecule has 1 saturated carbocycles. The number of hydrogen-bond donors (Lipinski definition) is 1. The summed E-state index contributed by atoms with van der Waals surface area (Å²) in [6.45, 7) is 5.28. The third kappa shape index (κ3) is 2.06. The lowest BCUT2D eigenvalue weighted by atomic mass is 9.73. The number of likely N-dealkylation sites (tertiary alicyclic amines) is 1. The average Bonchev–Trinajstić information content (AvgIpc) is 2.92. The minimum Gasteiger partial charge on any atom is -0.334 e. The van der Waals surface area contributed by atoms with Crippen LogP contribution in [-0.4, -0.2) is 38.0 Å². The van der Waals surface area contributed by atoms with Crippen LogP contribution in [0.15, 0.2) is 17.5 Å². The van der Waals surface area contributed by atoms with E-state index in [1.165, 1.54) is 4.88 Å². The molecule has 2 aliphatic rings. The number of rotatable bonds is 4. The van der Waals surface area contributed by atoms with Crippen LogP contribution in [0.1, 0.15) is 49.9 Å². The second-order valence-corrected chi connectivity index (χ2v) is 8.10. The highest BCUT2D eigenvalue weighted by atomic mass is 32.1. The number of tetrazole rings is 1. The van der Waals surface area contributed by atoms with E-state index in [1.54, 1.807) is 11.3 Å². The normalized spacial score (nSPS) is 24.8. The summed E-state index contributed by atoms with van der Waals surface area (Å²) in [5, 5.41) is 16.4. The van der Waals surface area contributed by atoms with Gasteiger partial charge in [-0.3, -0.25) is 4.79 Å². The Bertz CT molecular complexity index is 675. The van der Waals surface area contributed by atoms with Gasteiger partial charge < -0.3 is 4.90 Å². The Morgan fingerprint density at radius 3 is 2.86 bits per heavy atom. The maximum Gasteiger partial charge on any atom is 0.224 e. The number of H-pyrrole nitrogens is 1. The Labute approximate surface area is 132 Å². The smallest absolute Gasteiger partial charge is 0.224 e. The third-order valence-electron chi connectivity index (χ3n) is 4.93. The zero-order chi connectivity index (χ0) is 15.4. The highest BCUT2D eigenvalue weighted by Crippen LogP contribution is 2.53. The summed E-state index contributed by atoms with van der Waals surface area (Å²) in [6, 6.07) is 4.38. The minimum atomic E-state index is -0.177. The van der Waals surface area contributed by atoms with Crippen LogP contribution in [0.3, 0.4) is 0 Å². The van der Waals surface area contributed by atoms with Crippen LogP contribution in [0.25, 0.3) is 0 Å². The Kier molecular flexibility index (Phi) is 2.91. The monoisotopic (exact) mass is 317 g/mol. The second-order valence-electron chi connectivity index (χ2n) is 7.12. The number of hydrogen-bond acceptors (Lipinski definition) is 5. The van der Waals surface area contributed by atoms with Gasteiger partial charge in [0.05, 0.1) is 6.04 Å². The van der Waals surface area contributed by atoms with Crippen molar-refractivity contribution in [2.45, 2.75) is 44.6 Å². The first kappa shape index (κ1) is 13.9. The van der Waals surface area contributed by atoms with E-state index in [4.69, 9.17) is 0 Å². The Hall–Kier alpha value is -1.76. The Balaban J connectivity index is 1.52. The highest BCUT2D eigenvalue weighted by Gasteiger charge is 2.54. The summed E-state index contributed by atoms with van der Waals surface area (Å²) in [7, 11) is 0. The van der Waals surface area contributed by atoms with Crippen molar-refractivity contribution in [3.8, 4) is 0 Å². The van der Waals surface area contributed by atoms with Gasteiger partial charge in [0.15, 0.2) is 5.82 Å². The molecule has 4 rings (SSSR count). The van der Waals surface area contributed by atoms with Crippen molar-refractivity contribution in [3.63, 3.8) is 0 Å². The van der Waals surface area contributed by atoms with E-state index in [-0.39, 0.29) is 22.8 Å². The molecule has 1 atom stereocenters. The van der Waals surface area contributed by atoms with Crippen molar-refractivity contribution in [1.29, 1.82) is 0 Å². The lowest BCUT2D eigenvalue weighted by molar-refractivity contribution is -0.152. The van der Waals surface area contributed by atoms with Crippen LogP contribution in [-0.2, 0) is 10.2 Å². The van der Waals surface area contributed by atoms with Crippen LogP contribution >= 0.6 is 11.3 Å². The molecule has 22 heavy (non-hydrogen) atoms. The molecule has 0 radical (unpaired) electrons. The molecule has 2 aromatic heterocycles. The Morgan fingerprint density at radius 2 is 2.32 bits per heavy atom. The highest BCUT2D eigenvalue weighted by molar-refractivity contribution is 7.10. The molecular formula is C15H19N5OS. The summed E-state index contributed by atoms with van der Waals surface area (Å²) in [5.41, 5.74) is -0.0345. The Morgan fingerprint density at radius 1 is 1.50 bits per heavy atom. The van der Waals surface area contributed by atoms with E-state index in [1.807, 2.05) is 4.90 Å². The number of aromatic amines is 1. The molecule has 3 heterocycles. The molecule has 116 valence electrons. The first-order valence-electron chi connectivity index (χ1n) is 7.59. The number of carbonyl (C=O) groups is 1. The summed E-state index contributed by atoms with van der Waals surface area (Å²) in [4.78, 5) is 16.1. The predicted molar refractivity (Wildman–Crippen MR) is 82.3 cm³/mol. The van der Waals surface area contributed by atoms with Crippen LogP contribution in [0, 0.1) is 5.41 Å². The number of nitrogens with one attached hydrogen (secondary N) is 1. The first-order valence-corrected chi connectivity index (χ1v) is 8.47. The van der Waals surface area contributed by atoms with Crippen molar-refractivity contribution in [2.24, 2.45) is 5.41 Å². The van der Waals surface area contributed by atoms with Gasteiger partial charge in [0.1, 0.15) is 0 Å². The predicted octanol–water partition coefficient (Wildman–Crippen LogP) is 2.29. The molecule has 1 aliphatic heterocycles. The number of amides is 1. The van der Waals surface area contributed by atoms with E-state index in [2.05, 4.69) is 52.0 Å². The molecule has 6 nitrogen and oxygen atoms in total. The van der Waals surface area contributed by atoms with E-state index in [0.717, 1.165) is 19.4 Å². The van der Waals surface area contributed by atoms with Gasteiger partial charge in [-0.1, -0.05) is 25.1 Å². The van der Waals surface area contributed by atoms with Gasteiger partial charge >= 0.3 is 0 Å². The maximum absolute atomic E-state index is 12.8. The second kappa shape index (κ2) is 4.62. The van der Waals surface area contributed by atoms with Crippen LogP contribution in [0.4, 0.5) is 0 Å². The van der Waals surface area contributed by atoms with Crippen LogP contribution in [0.2, 0.25) is 0 Å². The summed E-state index contributed by atoms with van der Waals surface area (Å²) < 4.78 is 0. The molecule has 0 bridgehead atoms. The van der Waals surface area contributed by atoms with Crippen molar-refractivity contribution in [1.82, 2.24) is 25.5 Å². The quantitative estimate of drug-likeness (QED) is 0.939. The zero-order valence-electron chi connectivity index (χ0n) is 12.7. The van der Waals surface area contributed by atoms with Crippen LogP contribution in [0.5, 0.6) is 0 Å². The van der Waals surface area contributed by atoms with Gasteiger partial charge in [0, 0.05) is 28.7 Å². The zero-order valence-corrected chi connectivity index (χ0v) is 13.6. The molecule has 7 heteroatoms. The average molecular weight is 317 g/mol. The van der Waals surface area contributed by atoms with Gasteiger partial charge in [-0.15, -0.1) is 21.5 Å². The fourth-order valence-electron chi connectivity index (χ4n) is 3.55. The van der Waals surface area contributed by atoms with Gasteiger partial charge in [0.2, 0.25) is 5.91 Å². The van der Waals surface area contributed by atoms with Gasteiger partial charge in [0.25, 0.3) is 0 Å². The third-order valence-corrected chi connectivity index (χ3v) is 5.85. The lowest BCUT2D eigenvalue weighted by Gasteiger charge is -2.54. The fraction of sp³-hybridized carbons (Fsp3) is 0.600. The molecule has 1 N–H and O–H groups in total. The molecule has 0 aromatic carbocycles. The number of thiophene rings is 1. The maximum atomic E-state index is 12.8. The van der Waals surface area contributed by atoms with E-state index in [0.29, 0.717) is 12.2 Å². The van der Waals surface area contributed by atoms with Crippen molar-refractivity contribution in [2.75, 3.05) is 6.54 Å². The van der Waals surface area contributed by atoms with Crippen molar-refractivity contribution >= 4 is 17.2 Å². The molecule has 1 unspecified atom stereocenters. The standard InChI is InChI=1S/C15H19N5OS/c1-14(2)9-20(12(14)10-4-3-7-22-10)11(21)8-15(5-6-15)13-16-18-19-17-13/h3-4,7,12H,5-6,8-9H2,1-2H3,(H,16,17,18,19).